The number of nitrogens with zero attached hydrogens (tertiary/aromatic N) is 2. The minimum absolute atomic E-state index is 0.564. The summed E-state index contributed by atoms with van der Waals surface area (Å²) in [6, 6.07) is 75.2. The number of hydrogen-bond acceptors (Lipinski definition) is 0. The molecule has 0 aliphatic rings. The smallest absolute Gasteiger partial charge is 0.0708 e. The van der Waals surface area contributed by atoms with Gasteiger partial charge >= 0.3 is 0 Å². The molecule has 2 heterocycles. The van der Waals surface area contributed by atoms with Gasteiger partial charge in [-0.2, -0.15) is 0 Å². The first-order valence-electron chi connectivity index (χ1n) is 17.6. The Bertz CT molecular complexity index is 2730. The SMILES string of the molecule is c1ccc(-n2c3ccccc3c3cc(-n4c5ccccc5c5c(C(c6ccccc6)(c6ccccc6)c6ccccc6)cccc54)ccc32)cc1. The van der Waals surface area contributed by atoms with Gasteiger partial charge in [0, 0.05) is 32.9 Å². The first kappa shape index (κ1) is 29.3. The van der Waals surface area contributed by atoms with Crippen molar-refractivity contribution in [3.8, 4) is 11.4 Å². The molecule has 0 saturated carbocycles. The fourth-order valence-corrected chi connectivity index (χ4v) is 8.60. The number of fused-ring (bicyclic) bond motifs is 6. The first-order chi connectivity index (χ1) is 25.3. The fraction of sp³-hybridized carbons (Fsp3) is 0.0204. The molecule has 0 fully saturated rings. The Hall–Kier alpha value is -6.64. The second kappa shape index (κ2) is 11.8. The number of aromatic nitrogens is 2. The van der Waals surface area contributed by atoms with E-state index in [1.165, 1.54) is 65.9 Å². The lowest BCUT2D eigenvalue weighted by molar-refractivity contribution is 0.753. The van der Waals surface area contributed by atoms with Crippen molar-refractivity contribution in [2.75, 3.05) is 0 Å². The molecule has 51 heavy (non-hydrogen) atoms. The largest absolute Gasteiger partial charge is 0.309 e. The van der Waals surface area contributed by atoms with E-state index in [9.17, 15) is 0 Å². The Morgan fingerprint density at radius 3 is 1.35 bits per heavy atom. The maximum atomic E-state index is 2.47. The van der Waals surface area contributed by atoms with Crippen LogP contribution in [-0.2, 0) is 5.41 Å². The third-order valence-electron chi connectivity index (χ3n) is 10.7. The van der Waals surface area contributed by atoms with Gasteiger partial charge in [0.2, 0.25) is 0 Å². The minimum Gasteiger partial charge on any atom is -0.309 e. The van der Waals surface area contributed by atoms with Crippen molar-refractivity contribution in [3.05, 3.63) is 229 Å². The van der Waals surface area contributed by atoms with E-state index in [1.807, 2.05) is 0 Å². The summed E-state index contributed by atoms with van der Waals surface area (Å²) in [6.07, 6.45) is 0. The van der Waals surface area contributed by atoms with Crippen LogP contribution in [0.5, 0.6) is 0 Å². The lowest BCUT2D eigenvalue weighted by Gasteiger charge is -2.37. The van der Waals surface area contributed by atoms with E-state index in [-0.39, 0.29) is 0 Å². The van der Waals surface area contributed by atoms with Crippen molar-refractivity contribution in [2.45, 2.75) is 5.41 Å². The summed E-state index contributed by atoms with van der Waals surface area (Å²) in [4.78, 5) is 0. The molecule has 0 N–H and O–H groups in total. The van der Waals surface area contributed by atoms with Gasteiger partial charge in [0.1, 0.15) is 0 Å². The number of para-hydroxylation sites is 3. The topological polar surface area (TPSA) is 9.86 Å². The highest BCUT2D eigenvalue weighted by Crippen LogP contribution is 2.49. The zero-order valence-corrected chi connectivity index (χ0v) is 28.0. The average molecular weight is 651 g/mol. The van der Waals surface area contributed by atoms with E-state index >= 15 is 0 Å². The molecular weight excluding hydrogens is 617 g/mol. The molecule has 0 aliphatic heterocycles. The van der Waals surface area contributed by atoms with E-state index in [4.69, 9.17) is 0 Å². The van der Waals surface area contributed by atoms with Gasteiger partial charge in [0.05, 0.1) is 27.5 Å². The van der Waals surface area contributed by atoms with Gasteiger partial charge in [0.25, 0.3) is 0 Å². The van der Waals surface area contributed by atoms with Crippen LogP contribution in [0.15, 0.2) is 206 Å². The predicted octanol–water partition coefficient (Wildman–Crippen LogP) is 12.3. The first-order valence-corrected chi connectivity index (χ1v) is 17.6. The quantitative estimate of drug-likeness (QED) is 0.159. The van der Waals surface area contributed by atoms with Crippen molar-refractivity contribution in [3.63, 3.8) is 0 Å². The lowest BCUT2D eigenvalue weighted by Crippen LogP contribution is -2.31. The van der Waals surface area contributed by atoms with Gasteiger partial charge in [-0.15, -0.1) is 0 Å². The Morgan fingerprint density at radius 2 is 0.745 bits per heavy atom. The highest BCUT2D eigenvalue weighted by Gasteiger charge is 2.40. The highest BCUT2D eigenvalue weighted by molar-refractivity contribution is 6.13. The Kier molecular flexibility index (Phi) is 6.75. The monoisotopic (exact) mass is 650 g/mol. The molecule has 2 aromatic heterocycles. The van der Waals surface area contributed by atoms with E-state index in [2.05, 4.69) is 215 Å². The van der Waals surface area contributed by atoms with Crippen molar-refractivity contribution in [1.82, 2.24) is 9.13 Å². The van der Waals surface area contributed by atoms with Crippen LogP contribution in [0.2, 0.25) is 0 Å². The summed E-state index contributed by atoms with van der Waals surface area (Å²) in [5.74, 6) is 0. The standard InChI is InChI=1S/C49H34N2/c1-5-18-35(19-6-1)49(36-20-7-2-8-21-36,37-22-9-3-10-23-37)43-28-17-31-47-48(43)41-27-14-16-30-45(41)51(47)39-32-33-46-42(34-39)40-26-13-15-29-44(40)50(46)38-24-11-4-12-25-38/h1-34H. The molecule has 0 atom stereocenters. The number of rotatable bonds is 6. The van der Waals surface area contributed by atoms with Crippen LogP contribution in [-0.4, -0.2) is 9.13 Å². The molecule has 0 spiro atoms. The Morgan fingerprint density at radius 1 is 0.294 bits per heavy atom. The van der Waals surface area contributed by atoms with E-state index in [1.54, 1.807) is 0 Å². The summed E-state index contributed by atoms with van der Waals surface area (Å²) in [5, 5.41) is 4.98. The van der Waals surface area contributed by atoms with Crippen LogP contribution in [0.1, 0.15) is 22.3 Å². The normalized spacial score (nSPS) is 11.9. The van der Waals surface area contributed by atoms with Gasteiger partial charge in [-0.05, 0) is 70.8 Å². The maximum Gasteiger partial charge on any atom is 0.0708 e. The second-order valence-electron chi connectivity index (χ2n) is 13.3. The van der Waals surface area contributed by atoms with Crippen LogP contribution in [0.3, 0.4) is 0 Å². The van der Waals surface area contributed by atoms with Gasteiger partial charge in [-0.25, -0.2) is 0 Å². The van der Waals surface area contributed by atoms with Crippen molar-refractivity contribution in [2.24, 2.45) is 0 Å². The third kappa shape index (κ3) is 4.36. The van der Waals surface area contributed by atoms with E-state index in [0.29, 0.717) is 0 Å². The zero-order valence-electron chi connectivity index (χ0n) is 28.0. The molecule has 0 amide bonds. The van der Waals surface area contributed by atoms with E-state index < -0.39 is 5.41 Å². The molecule has 0 bridgehead atoms. The lowest BCUT2D eigenvalue weighted by atomic mass is 9.64. The van der Waals surface area contributed by atoms with Gasteiger partial charge in [-0.1, -0.05) is 158 Å². The van der Waals surface area contributed by atoms with Gasteiger partial charge in [0.15, 0.2) is 0 Å². The predicted molar refractivity (Wildman–Crippen MR) is 213 cm³/mol. The summed E-state index contributed by atoms with van der Waals surface area (Å²) in [6.45, 7) is 0. The summed E-state index contributed by atoms with van der Waals surface area (Å²) in [7, 11) is 0. The van der Waals surface area contributed by atoms with Crippen LogP contribution < -0.4 is 0 Å². The zero-order chi connectivity index (χ0) is 33.8. The Balaban J connectivity index is 1.32. The van der Waals surface area contributed by atoms with Crippen LogP contribution in [0, 0.1) is 0 Å². The molecule has 0 radical (unpaired) electrons. The summed E-state index contributed by atoms with van der Waals surface area (Å²) < 4.78 is 4.85. The van der Waals surface area contributed by atoms with Crippen LogP contribution >= 0.6 is 0 Å². The van der Waals surface area contributed by atoms with E-state index in [0.717, 1.165) is 11.4 Å². The molecule has 10 aromatic rings. The highest BCUT2D eigenvalue weighted by atomic mass is 15.0. The summed E-state index contributed by atoms with van der Waals surface area (Å²) >= 11 is 0. The molecule has 240 valence electrons. The Labute approximate surface area is 297 Å². The van der Waals surface area contributed by atoms with Crippen molar-refractivity contribution < 1.29 is 0 Å². The van der Waals surface area contributed by atoms with Crippen LogP contribution in [0.4, 0.5) is 0 Å². The number of hydrogen-bond donors (Lipinski definition) is 0. The summed E-state index contributed by atoms with van der Waals surface area (Å²) in [5.41, 5.74) is 11.5. The molecule has 2 heteroatoms. The minimum atomic E-state index is -0.564. The third-order valence-corrected chi connectivity index (χ3v) is 10.7. The van der Waals surface area contributed by atoms with Crippen LogP contribution in [0.25, 0.3) is 55.0 Å². The molecule has 0 saturated heterocycles. The molecule has 0 unspecified atom stereocenters. The molecular formula is C49H34N2. The van der Waals surface area contributed by atoms with Crippen molar-refractivity contribution in [1.29, 1.82) is 0 Å². The fourth-order valence-electron chi connectivity index (χ4n) is 8.60. The second-order valence-corrected chi connectivity index (χ2v) is 13.3. The maximum absolute atomic E-state index is 2.47. The van der Waals surface area contributed by atoms with Gasteiger partial charge < -0.3 is 9.13 Å². The molecule has 8 aromatic carbocycles. The average Bonchev–Trinajstić information content (AvgIpc) is 3.73. The molecule has 10 rings (SSSR count). The van der Waals surface area contributed by atoms with Crippen molar-refractivity contribution >= 4 is 43.6 Å². The molecule has 0 aliphatic carbocycles. The number of benzene rings is 8. The van der Waals surface area contributed by atoms with Gasteiger partial charge in [-0.3, -0.25) is 0 Å². The molecule has 2 nitrogen and oxygen atoms in total.